The number of methoxy groups -OCH3 is 1. The number of nitriles is 1. The van der Waals surface area contributed by atoms with Gasteiger partial charge in [0.2, 0.25) is 10.0 Å². The molecular weight excluding hydrogens is 292 g/mol. The largest absolute Gasteiger partial charge is 0.468 e. The minimum absolute atomic E-state index is 0.0808. The van der Waals surface area contributed by atoms with E-state index in [1.807, 2.05) is 6.07 Å². The Balaban J connectivity index is 2.35. The van der Waals surface area contributed by atoms with Gasteiger partial charge in [0.1, 0.15) is 6.04 Å². The van der Waals surface area contributed by atoms with Crippen LogP contribution in [0.2, 0.25) is 0 Å². The number of esters is 1. The minimum atomic E-state index is -3.77. The lowest BCUT2D eigenvalue weighted by molar-refractivity contribution is -0.146. The summed E-state index contributed by atoms with van der Waals surface area (Å²) in [4.78, 5) is 11.9. The summed E-state index contributed by atoms with van der Waals surface area (Å²) >= 11 is 0. The van der Waals surface area contributed by atoms with E-state index in [1.54, 1.807) is 0 Å². The zero-order chi connectivity index (χ0) is 15.5. The monoisotopic (exact) mass is 308 g/mol. The Morgan fingerprint density at radius 3 is 2.57 bits per heavy atom. The molecule has 0 aliphatic carbocycles. The van der Waals surface area contributed by atoms with Crippen LogP contribution in [0.3, 0.4) is 0 Å². The zero-order valence-electron chi connectivity index (χ0n) is 11.7. The number of rotatable bonds is 3. The maximum atomic E-state index is 12.7. The topological polar surface area (TPSA) is 87.5 Å². The second-order valence-electron chi connectivity index (χ2n) is 4.79. The number of benzene rings is 1. The lowest BCUT2D eigenvalue weighted by Gasteiger charge is -2.32. The fraction of sp³-hybridized carbons (Fsp3) is 0.429. The molecule has 1 aromatic rings. The molecule has 2 rings (SSSR count). The minimum Gasteiger partial charge on any atom is -0.468 e. The van der Waals surface area contributed by atoms with Crippen LogP contribution in [0.25, 0.3) is 0 Å². The van der Waals surface area contributed by atoms with Gasteiger partial charge in [0, 0.05) is 6.54 Å². The number of hydrogen-bond acceptors (Lipinski definition) is 5. The van der Waals surface area contributed by atoms with E-state index in [2.05, 4.69) is 0 Å². The highest BCUT2D eigenvalue weighted by Crippen LogP contribution is 2.26. The van der Waals surface area contributed by atoms with E-state index in [4.69, 9.17) is 10.00 Å². The van der Waals surface area contributed by atoms with Gasteiger partial charge in [0.15, 0.2) is 0 Å². The van der Waals surface area contributed by atoms with Gasteiger partial charge in [-0.15, -0.1) is 0 Å². The summed E-state index contributed by atoms with van der Waals surface area (Å²) in [5.74, 6) is -0.535. The summed E-state index contributed by atoms with van der Waals surface area (Å²) in [6.07, 6.45) is 1.96. The summed E-state index contributed by atoms with van der Waals surface area (Å²) in [5, 5.41) is 8.76. The van der Waals surface area contributed by atoms with Crippen molar-refractivity contribution >= 4 is 16.0 Å². The lowest BCUT2D eigenvalue weighted by atomic mass is 10.1. The van der Waals surface area contributed by atoms with Crippen LogP contribution < -0.4 is 0 Å². The first-order valence-corrected chi connectivity index (χ1v) is 8.04. The molecule has 21 heavy (non-hydrogen) atoms. The molecule has 1 atom stereocenters. The highest BCUT2D eigenvalue weighted by Gasteiger charge is 2.38. The van der Waals surface area contributed by atoms with Gasteiger partial charge >= 0.3 is 5.97 Å². The van der Waals surface area contributed by atoms with Crippen molar-refractivity contribution in [3.05, 3.63) is 29.8 Å². The number of carbonyl (C=O) groups is 1. The Kier molecular flexibility index (Phi) is 4.60. The Bertz CT molecular complexity index is 661. The van der Waals surface area contributed by atoms with Gasteiger partial charge in [0.05, 0.1) is 23.6 Å². The second-order valence-corrected chi connectivity index (χ2v) is 6.68. The maximum absolute atomic E-state index is 12.7. The van der Waals surface area contributed by atoms with E-state index in [0.29, 0.717) is 24.9 Å². The van der Waals surface area contributed by atoms with Crippen LogP contribution >= 0.6 is 0 Å². The maximum Gasteiger partial charge on any atom is 0.324 e. The standard InChI is InChI=1S/C14H16N2O4S/c1-20-14(17)13-4-2-3-9-16(13)21(18,19)12-7-5-11(10-15)6-8-12/h5-8,13H,2-4,9H2,1H3. The molecule has 6 nitrogen and oxygen atoms in total. The van der Waals surface area contributed by atoms with Crippen LogP contribution in [0.5, 0.6) is 0 Å². The van der Waals surface area contributed by atoms with Crippen molar-refractivity contribution in [2.45, 2.75) is 30.2 Å². The summed E-state index contributed by atoms with van der Waals surface area (Å²) in [7, 11) is -2.51. The lowest BCUT2D eigenvalue weighted by Crippen LogP contribution is -2.48. The molecule has 1 heterocycles. The van der Waals surface area contributed by atoms with Crippen molar-refractivity contribution in [3.8, 4) is 6.07 Å². The van der Waals surface area contributed by atoms with Gasteiger partial charge in [-0.2, -0.15) is 9.57 Å². The molecule has 112 valence electrons. The van der Waals surface area contributed by atoms with E-state index in [1.165, 1.54) is 35.7 Å². The quantitative estimate of drug-likeness (QED) is 0.785. The van der Waals surface area contributed by atoms with Crippen LogP contribution in [0.1, 0.15) is 24.8 Å². The zero-order valence-corrected chi connectivity index (χ0v) is 12.5. The molecule has 0 N–H and O–H groups in total. The Hall–Kier alpha value is -1.91. The molecular formula is C14H16N2O4S. The van der Waals surface area contributed by atoms with Crippen molar-refractivity contribution in [1.82, 2.24) is 4.31 Å². The fourth-order valence-electron chi connectivity index (χ4n) is 2.40. The van der Waals surface area contributed by atoms with E-state index in [0.717, 1.165) is 6.42 Å². The smallest absolute Gasteiger partial charge is 0.324 e. The molecule has 0 bridgehead atoms. The molecule has 1 unspecified atom stereocenters. The average molecular weight is 308 g/mol. The van der Waals surface area contributed by atoms with E-state index < -0.39 is 22.0 Å². The van der Waals surface area contributed by atoms with Crippen molar-refractivity contribution in [3.63, 3.8) is 0 Å². The summed E-state index contributed by atoms with van der Waals surface area (Å²) in [6.45, 7) is 0.294. The number of ether oxygens (including phenoxy) is 1. The van der Waals surface area contributed by atoms with Crippen LogP contribution in [-0.2, 0) is 19.6 Å². The highest BCUT2D eigenvalue weighted by molar-refractivity contribution is 7.89. The van der Waals surface area contributed by atoms with Crippen molar-refractivity contribution in [2.24, 2.45) is 0 Å². The third kappa shape index (κ3) is 3.06. The van der Waals surface area contributed by atoms with E-state index >= 15 is 0 Å². The van der Waals surface area contributed by atoms with Gasteiger partial charge in [0.25, 0.3) is 0 Å². The second kappa shape index (κ2) is 6.24. The van der Waals surface area contributed by atoms with Gasteiger partial charge in [-0.25, -0.2) is 8.42 Å². The molecule has 1 fully saturated rings. The number of piperidine rings is 1. The normalized spacial score (nSPS) is 19.7. The van der Waals surface area contributed by atoms with Crippen LogP contribution in [0.4, 0.5) is 0 Å². The predicted molar refractivity (Wildman–Crippen MR) is 74.7 cm³/mol. The van der Waals surface area contributed by atoms with Gasteiger partial charge < -0.3 is 4.74 Å². The molecule has 1 aromatic carbocycles. The molecule has 0 amide bonds. The van der Waals surface area contributed by atoms with E-state index in [9.17, 15) is 13.2 Å². The molecule has 1 saturated heterocycles. The van der Waals surface area contributed by atoms with Crippen molar-refractivity contribution in [1.29, 1.82) is 5.26 Å². The van der Waals surface area contributed by atoms with E-state index in [-0.39, 0.29) is 4.90 Å². The Morgan fingerprint density at radius 1 is 1.33 bits per heavy atom. The molecule has 0 spiro atoms. The molecule has 0 radical (unpaired) electrons. The SMILES string of the molecule is COC(=O)C1CCCCN1S(=O)(=O)c1ccc(C#N)cc1. The molecule has 7 heteroatoms. The molecule has 1 aliphatic rings. The number of hydrogen-bond donors (Lipinski definition) is 0. The first kappa shape index (κ1) is 15.5. The van der Waals surface area contributed by atoms with Gasteiger partial charge in [-0.1, -0.05) is 0 Å². The first-order chi connectivity index (χ1) is 10.0. The van der Waals surface area contributed by atoms with Crippen LogP contribution in [0, 0.1) is 11.3 Å². The van der Waals surface area contributed by atoms with Gasteiger partial charge in [-0.05, 0) is 43.5 Å². The molecule has 1 aliphatic heterocycles. The Morgan fingerprint density at radius 2 is 2.00 bits per heavy atom. The Labute approximate surface area is 124 Å². The summed E-state index contributed by atoms with van der Waals surface area (Å²) < 4.78 is 31.2. The highest BCUT2D eigenvalue weighted by atomic mass is 32.2. The summed E-state index contributed by atoms with van der Waals surface area (Å²) in [6, 6.07) is 6.83. The van der Waals surface area contributed by atoms with Crippen molar-refractivity contribution < 1.29 is 17.9 Å². The van der Waals surface area contributed by atoms with Crippen LogP contribution in [0.15, 0.2) is 29.2 Å². The third-order valence-corrected chi connectivity index (χ3v) is 5.44. The summed E-state index contributed by atoms with van der Waals surface area (Å²) in [5.41, 5.74) is 0.386. The average Bonchev–Trinajstić information content (AvgIpc) is 2.54. The van der Waals surface area contributed by atoms with Gasteiger partial charge in [-0.3, -0.25) is 4.79 Å². The number of carbonyl (C=O) groups excluding carboxylic acids is 1. The number of nitrogens with zero attached hydrogens (tertiary/aromatic N) is 2. The molecule has 0 aromatic heterocycles. The predicted octanol–water partition coefficient (Wildman–Crippen LogP) is 1.27. The fourth-order valence-corrected chi connectivity index (χ4v) is 4.05. The van der Waals surface area contributed by atoms with Crippen LogP contribution in [-0.4, -0.2) is 38.4 Å². The third-order valence-electron chi connectivity index (χ3n) is 3.52. The number of sulfonamides is 1. The van der Waals surface area contributed by atoms with Crippen molar-refractivity contribution in [2.75, 3.05) is 13.7 Å². The molecule has 0 saturated carbocycles. The first-order valence-electron chi connectivity index (χ1n) is 6.60.